The predicted molar refractivity (Wildman–Crippen MR) is 135 cm³/mol. The molecule has 198 valence electrons. The predicted octanol–water partition coefficient (Wildman–Crippen LogP) is 4.92. The van der Waals surface area contributed by atoms with Crippen LogP contribution in [0, 0.1) is 0 Å². The average Bonchev–Trinajstić information content (AvgIpc) is 3.05. The van der Waals surface area contributed by atoms with Gasteiger partial charge < -0.3 is 20.1 Å². The Morgan fingerprint density at radius 3 is 1.33 bits per heavy atom. The van der Waals surface area contributed by atoms with Gasteiger partial charge in [-0.1, -0.05) is 116 Å². The van der Waals surface area contributed by atoms with Gasteiger partial charge in [0, 0.05) is 0 Å². The van der Waals surface area contributed by atoms with E-state index in [0.29, 0.717) is 6.42 Å². The van der Waals surface area contributed by atoms with E-state index in [1.807, 2.05) is 0 Å². The summed E-state index contributed by atoms with van der Waals surface area (Å²) in [5.41, 5.74) is 0. The molecular formula is C26H52O6S. The van der Waals surface area contributed by atoms with Crippen LogP contribution in [0.2, 0.25) is 0 Å². The van der Waals surface area contributed by atoms with Gasteiger partial charge in [0.25, 0.3) is 0 Å². The zero-order chi connectivity index (χ0) is 24.4. The summed E-state index contributed by atoms with van der Waals surface area (Å²) in [5, 5.41) is 28.7. The fourth-order valence-corrected chi connectivity index (χ4v) is 6.26. The van der Waals surface area contributed by atoms with E-state index in [9.17, 15) is 18.6 Å². The zero-order valence-electron chi connectivity index (χ0n) is 21.1. The molecule has 0 unspecified atom stereocenters. The Hall–Kier alpha value is -0.210. The molecule has 0 spiro atoms. The van der Waals surface area contributed by atoms with Gasteiger partial charge in [-0.25, -0.2) is 8.42 Å². The highest BCUT2D eigenvalue weighted by molar-refractivity contribution is 7.91. The number of rotatable bonds is 22. The summed E-state index contributed by atoms with van der Waals surface area (Å²) in [6, 6.07) is 0. The van der Waals surface area contributed by atoms with Crippen LogP contribution in [0.3, 0.4) is 0 Å². The van der Waals surface area contributed by atoms with Crippen LogP contribution in [-0.2, 0) is 14.6 Å². The van der Waals surface area contributed by atoms with Crippen molar-refractivity contribution >= 4 is 9.84 Å². The molecule has 1 aliphatic heterocycles. The first kappa shape index (κ1) is 30.8. The molecule has 0 saturated carbocycles. The second-order valence-corrected chi connectivity index (χ2v) is 12.2. The van der Waals surface area contributed by atoms with E-state index in [4.69, 9.17) is 9.84 Å². The van der Waals surface area contributed by atoms with Crippen LogP contribution < -0.4 is 0 Å². The van der Waals surface area contributed by atoms with Crippen molar-refractivity contribution in [1.29, 1.82) is 0 Å². The lowest BCUT2D eigenvalue weighted by Crippen LogP contribution is -2.36. The molecule has 7 heteroatoms. The molecule has 1 aliphatic rings. The van der Waals surface area contributed by atoms with Crippen LogP contribution >= 0.6 is 0 Å². The van der Waals surface area contributed by atoms with Crippen molar-refractivity contribution in [3.8, 4) is 0 Å². The van der Waals surface area contributed by atoms with E-state index in [0.717, 1.165) is 19.3 Å². The smallest absolute Gasteiger partial charge is 0.152 e. The Labute approximate surface area is 203 Å². The molecule has 0 aromatic carbocycles. The SMILES string of the molecule is CCCCCCCCCCCCCCCCCCCCS(=O)(=O)C[C@@H]1O[C@H](CO)[C@@H](O)[C@@H]1O. The second-order valence-electron chi connectivity index (χ2n) is 10.0. The molecule has 6 nitrogen and oxygen atoms in total. The maximum absolute atomic E-state index is 12.3. The lowest BCUT2D eigenvalue weighted by atomic mass is 10.0. The van der Waals surface area contributed by atoms with Gasteiger partial charge in [0.1, 0.15) is 24.4 Å². The molecule has 0 aromatic heterocycles. The largest absolute Gasteiger partial charge is 0.394 e. The van der Waals surface area contributed by atoms with Gasteiger partial charge >= 0.3 is 0 Å². The molecule has 0 bridgehead atoms. The van der Waals surface area contributed by atoms with Crippen LogP contribution in [0.4, 0.5) is 0 Å². The summed E-state index contributed by atoms with van der Waals surface area (Å²) in [5.74, 6) is -0.223. The summed E-state index contributed by atoms with van der Waals surface area (Å²) < 4.78 is 29.8. The number of ether oxygens (including phenoxy) is 1. The molecule has 1 saturated heterocycles. The van der Waals surface area contributed by atoms with Crippen molar-refractivity contribution in [2.24, 2.45) is 0 Å². The maximum Gasteiger partial charge on any atom is 0.152 e. The Morgan fingerprint density at radius 2 is 0.970 bits per heavy atom. The molecule has 3 N–H and O–H groups in total. The monoisotopic (exact) mass is 492 g/mol. The quantitative estimate of drug-likeness (QED) is 0.185. The summed E-state index contributed by atoms with van der Waals surface area (Å²) >= 11 is 0. The third kappa shape index (κ3) is 14.7. The minimum absolute atomic E-state index is 0.0816. The maximum atomic E-state index is 12.3. The summed E-state index contributed by atoms with van der Waals surface area (Å²) in [6.45, 7) is 1.83. The molecule has 1 heterocycles. The number of aliphatic hydroxyl groups is 3. The van der Waals surface area contributed by atoms with Crippen molar-refractivity contribution in [2.75, 3.05) is 18.1 Å². The van der Waals surface area contributed by atoms with Crippen LogP contribution in [0.15, 0.2) is 0 Å². The Balaban J connectivity index is 1.88. The second kappa shape index (κ2) is 19.0. The van der Waals surface area contributed by atoms with Crippen molar-refractivity contribution < 1.29 is 28.5 Å². The molecule has 0 amide bonds. The first-order chi connectivity index (χ1) is 15.9. The average molecular weight is 493 g/mol. The van der Waals surface area contributed by atoms with E-state index in [-0.39, 0.29) is 11.5 Å². The van der Waals surface area contributed by atoms with Crippen LogP contribution in [0.1, 0.15) is 122 Å². The van der Waals surface area contributed by atoms with E-state index in [1.165, 1.54) is 89.9 Å². The Kier molecular flexibility index (Phi) is 17.8. The van der Waals surface area contributed by atoms with Gasteiger partial charge in [-0.05, 0) is 6.42 Å². The normalized spacial score (nSPS) is 23.4. The molecule has 0 radical (unpaired) electrons. The third-order valence-electron chi connectivity index (χ3n) is 6.87. The molecular weight excluding hydrogens is 440 g/mol. The summed E-state index contributed by atoms with van der Waals surface area (Å²) in [6.07, 6.45) is 18.4. The van der Waals surface area contributed by atoms with E-state index >= 15 is 0 Å². The zero-order valence-corrected chi connectivity index (χ0v) is 21.9. The molecule has 0 aromatic rings. The number of sulfone groups is 1. The molecule has 1 rings (SSSR count). The van der Waals surface area contributed by atoms with Gasteiger partial charge in [-0.15, -0.1) is 0 Å². The first-order valence-corrected chi connectivity index (χ1v) is 15.6. The third-order valence-corrected chi connectivity index (χ3v) is 8.62. The lowest BCUT2D eigenvalue weighted by molar-refractivity contribution is -0.0165. The first-order valence-electron chi connectivity index (χ1n) is 13.7. The molecule has 33 heavy (non-hydrogen) atoms. The fraction of sp³-hybridized carbons (Fsp3) is 1.00. The van der Waals surface area contributed by atoms with Gasteiger partial charge in [0.15, 0.2) is 9.84 Å². The highest BCUT2D eigenvalue weighted by Crippen LogP contribution is 2.23. The van der Waals surface area contributed by atoms with Crippen LogP contribution in [0.25, 0.3) is 0 Å². The Bertz CT molecular complexity index is 553. The topological polar surface area (TPSA) is 104 Å². The number of hydrogen-bond acceptors (Lipinski definition) is 6. The minimum atomic E-state index is -3.35. The van der Waals surface area contributed by atoms with Crippen molar-refractivity contribution in [3.63, 3.8) is 0 Å². The minimum Gasteiger partial charge on any atom is -0.394 e. The van der Waals surface area contributed by atoms with E-state index in [2.05, 4.69) is 6.92 Å². The Morgan fingerprint density at radius 1 is 0.606 bits per heavy atom. The highest BCUT2D eigenvalue weighted by atomic mass is 32.2. The van der Waals surface area contributed by atoms with Crippen molar-refractivity contribution in [1.82, 2.24) is 0 Å². The highest BCUT2D eigenvalue weighted by Gasteiger charge is 2.43. The van der Waals surface area contributed by atoms with Gasteiger partial charge in [0.05, 0.1) is 18.1 Å². The summed E-state index contributed by atoms with van der Waals surface area (Å²) in [4.78, 5) is 0. The van der Waals surface area contributed by atoms with Gasteiger partial charge in [-0.3, -0.25) is 0 Å². The molecule has 1 fully saturated rings. The number of aliphatic hydroxyl groups excluding tert-OH is 3. The fourth-order valence-electron chi connectivity index (χ4n) is 4.67. The number of hydrogen-bond donors (Lipinski definition) is 3. The summed E-state index contributed by atoms with van der Waals surface area (Å²) in [7, 11) is -3.35. The standard InChI is InChI=1S/C26H52O6S/c1-2-3-4-5-6-7-8-9-10-11-12-13-14-15-16-17-18-19-20-33(30,31)22-24-26(29)25(28)23(21-27)32-24/h23-29H,2-22H2,1H3/t23-,24+,25-,26-/m1/s1. The van der Waals surface area contributed by atoms with E-state index < -0.39 is 40.9 Å². The van der Waals surface area contributed by atoms with Gasteiger partial charge in [-0.2, -0.15) is 0 Å². The molecule has 4 atom stereocenters. The van der Waals surface area contributed by atoms with Crippen LogP contribution in [-0.4, -0.2) is 66.3 Å². The molecule has 0 aliphatic carbocycles. The van der Waals surface area contributed by atoms with E-state index in [1.54, 1.807) is 0 Å². The lowest BCUT2D eigenvalue weighted by Gasteiger charge is -2.14. The van der Waals surface area contributed by atoms with Crippen molar-refractivity contribution in [3.05, 3.63) is 0 Å². The van der Waals surface area contributed by atoms with Crippen molar-refractivity contribution in [2.45, 2.75) is 147 Å². The van der Waals surface area contributed by atoms with Gasteiger partial charge in [0.2, 0.25) is 0 Å². The van der Waals surface area contributed by atoms with Crippen LogP contribution in [0.5, 0.6) is 0 Å². The number of unbranched alkanes of at least 4 members (excludes halogenated alkanes) is 17.